The van der Waals surface area contributed by atoms with Gasteiger partial charge in [0.25, 0.3) is 11.8 Å². The molecule has 12 heteroatoms. The molecule has 0 unspecified atom stereocenters. The summed E-state index contributed by atoms with van der Waals surface area (Å²) in [5, 5.41) is 0.962. The number of nitrogens with zero attached hydrogens (tertiary/aromatic N) is 2. The van der Waals surface area contributed by atoms with Crippen molar-refractivity contribution in [3.05, 3.63) is 125 Å². The summed E-state index contributed by atoms with van der Waals surface area (Å²) in [6.07, 6.45) is 6.52. The van der Waals surface area contributed by atoms with Crippen LogP contribution in [0.5, 0.6) is 11.5 Å². The normalized spacial score (nSPS) is 25.5. The lowest BCUT2D eigenvalue weighted by Crippen LogP contribution is -2.54. The first-order valence-electron chi connectivity index (χ1n) is 22.4. The number of nitrogens with one attached hydrogen (secondary N) is 1. The molecule has 5 aromatic rings. The average molecular weight is 820 g/mol. The van der Waals surface area contributed by atoms with Crippen molar-refractivity contribution in [2.24, 2.45) is 23.3 Å². The second kappa shape index (κ2) is 15.6. The van der Waals surface area contributed by atoms with Gasteiger partial charge in [0.05, 0.1) is 18.8 Å². The number of carbonyl (C=O) groups is 2. The molecule has 314 valence electrons. The third-order valence-corrected chi connectivity index (χ3v) is 15.0. The SMILES string of the molecule is NCc1cccc(C2CCN(C(=O)c3cccc(O[C@H]4C[C@H]5CC[C@@H]4[C@H]4OB(c6ccc7[nH]c(C(=O)N8CCC9(CC8)COc8ccc(CN)cc89)cc7c6)O[C@@H]54)c3)CC2)c1. The summed E-state index contributed by atoms with van der Waals surface area (Å²) < 4.78 is 26.3. The number of carbonyl (C=O) groups excluding carboxylic acids is 2. The average Bonchev–Trinajstić information content (AvgIpc) is 4.06. The minimum absolute atomic E-state index is 0.0119. The van der Waals surface area contributed by atoms with Crippen molar-refractivity contribution in [3.8, 4) is 11.5 Å². The maximum atomic E-state index is 13.8. The van der Waals surface area contributed by atoms with E-state index in [1.54, 1.807) is 0 Å². The Bertz CT molecular complexity index is 2470. The van der Waals surface area contributed by atoms with Gasteiger partial charge in [-0.15, -0.1) is 0 Å². The smallest absolute Gasteiger partial charge is 0.492 e. The van der Waals surface area contributed by atoms with E-state index in [4.69, 9.17) is 30.2 Å². The standard InChI is InChI=1S/C49H54BN5O6/c51-27-30-3-1-4-33(21-30)32-13-17-54(18-14-32)47(56)35-5-2-6-38(24-35)59-44-26-34-8-10-39(44)46-45(34)60-50(61-46)37-9-11-41-36(23-37)25-42(53-41)48(57)55-19-15-49(16-20-55)29-58-43-12-7-31(28-52)22-40(43)49/h1-7,9,11-12,21-25,32,34,39,44-46,53H,8,10,13-20,26-29,51-52H2/t34-,39+,44+,45+,46-/m1/s1. The first-order valence-corrected chi connectivity index (χ1v) is 22.4. The van der Waals surface area contributed by atoms with Gasteiger partial charge >= 0.3 is 7.12 Å². The Morgan fingerprint density at radius 3 is 2.41 bits per heavy atom. The van der Waals surface area contributed by atoms with Gasteiger partial charge in [0.15, 0.2) is 0 Å². The number of ether oxygens (including phenoxy) is 2. The molecule has 6 fully saturated rings. The van der Waals surface area contributed by atoms with Crippen LogP contribution >= 0.6 is 0 Å². The summed E-state index contributed by atoms with van der Waals surface area (Å²) in [7, 11) is -0.487. The first kappa shape index (κ1) is 38.8. The van der Waals surface area contributed by atoms with Crippen LogP contribution in [-0.2, 0) is 27.8 Å². The van der Waals surface area contributed by atoms with Crippen molar-refractivity contribution in [2.75, 3.05) is 32.8 Å². The summed E-state index contributed by atoms with van der Waals surface area (Å²) in [6.45, 7) is 4.50. The highest BCUT2D eigenvalue weighted by molar-refractivity contribution is 6.62. The van der Waals surface area contributed by atoms with Crippen LogP contribution in [0.25, 0.3) is 10.9 Å². The molecule has 1 aromatic heterocycles. The molecule has 2 bridgehead atoms. The molecular formula is C49H54BN5O6. The molecule has 61 heavy (non-hydrogen) atoms. The lowest BCUT2D eigenvalue weighted by atomic mass is 9.65. The van der Waals surface area contributed by atoms with Gasteiger partial charge in [0.2, 0.25) is 0 Å². The number of likely N-dealkylation sites (tertiary alicyclic amines) is 2. The minimum atomic E-state index is -0.487. The number of hydrogen-bond donors (Lipinski definition) is 3. The number of benzene rings is 4. The summed E-state index contributed by atoms with van der Waals surface area (Å²) >= 11 is 0. The maximum absolute atomic E-state index is 13.8. The lowest BCUT2D eigenvalue weighted by Gasteiger charge is -2.48. The zero-order valence-corrected chi connectivity index (χ0v) is 34.6. The van der Waals surface area contributed by atoms with E-state index in [-0.39, 0.29) is 41.5 Å². The Hall–Kier alpha value is -5.14. The predicted octanol–water partition coefficient (Wildman–Crippen LogP) is 6.03. The third kappa shape index (κ3) is 7.01. The zero-order valence-electron chi connectivity index (χ0n) is 34.6. The van der Waals surface area contributed by atoms with Crippen molar-refractivity contribution in [3.63, 3.8) is 0 Å². The Labute approximate surface area is 357 Å². The fourth-order valence-electron chi connectivity index (χ4n) is 11.5. The van der Waals surface area contributed by atoms with Crippen molar-refractivity contribution in [1.29, 1.82) is 0 Å². The van der Waals surface area contributed by atoms with Crippen LogP contribution < -0.4 is 26.4 Å². The van der Waals surface area contributed by atoms with Crippen molar-refractivity contribution in [2.45, 2.75) is 87.7 Å². The van der Waals surface area contributed by atoms with E-state index in [2.05, 4.69) is 41.4 Å². The van der Waals surface area contributed by atoms with E-state index in [1.807, 2.05) is 64.4 Å². The fraction of sp³-hybridized carbons (Fsp3) is 0.429. The summed E-state index contributed by atoms with van der Waals surface area (Å²) in [4.78, 5) is 34.9. The lowest BCUT2D eigenvalue weighted by molar-refractivity contribution is -0.0909. The number of fused-ring (bicyclic) bond motifs is 5. The van der Waals surface area contributed by atoms with E-state index in [1.165, 1.54) is 11.1 Å². The molecule has 2 amide bonds. The molecule has 11 nitrogen and oxygen atoms in total. The molecule has 4 aliphatic heterocycles. The van der Waals surface area contributed by atoms with Crippen LogP contribution in [-0.4, -0.2) is 84.8 Å². The molecule has 3 saturated heterocycles. The molecule has 4 aromatic carbocycles. The number of aromatic nitrogens is 1. The maximum Gasteiger partial charge on any atom is 0.494 e. The Balaban J connectivity index is 0.717. The molecule has 5 N–H and O–H groups in total. The van der Waals surface area contributed by atoms with Crippen LogP contribution in [0.2, 0.25) is 0 Å². The molecule has 12 rings (SSSR count). The monoisotopic (exact) mass is 819 g/mol. The topological polar surface area (TPSA) is 145 Å². The molecule has 3 saturated carbocycles. The van der Waals surface area contributed by atoms with Crippen molar-refractivity contribution < 1.29 is 28.4 Å². The number of H-pyrrole nitrogens is 1. The van der Waals surface area contributed by atoms with E-state index >= 15 is 0 Å². The van der Waals surface area contributed by atoms with Crippen molar-refractivity contribution in [1.82, 2.24) is 14.8 Å². The van der Waals surface area contributed by atoms with Gasteiger partial charge in [0, 0.05) is 67.2 Å². The van der Waals surface area contributed by atoms with Crippen LogP contribution in [0.3, 0.4) is 0 Å². The second-order valence-electron chi connectivity index (χ2n) is 18.4. The van der Waals surface area contributed by atoms with Gasteiger partial charge in [-0.25, -0.2) is 0 Å². The Morgan fingerprint density at radius 2 is 1.57 bits per heavy atom. The van der Waals surface area contributed by atoms with Crippen LogP contribution in [0.1, 0.15) is 94.0 Å². The highest BCUT2D eigenvalue weighted by Gasteiger charge is 2.57. The van der Waals surface area contributed by atoms with Gasteiger partial charge in [0.1, 0.15) is 23.3 Å². The summed E-state index contributed by atoms with van der Waals surface area (Å²) in [5.41, 5.74) is 19.7. The third-order valence-electron chi connectivity index (χ3n) is 15.0. The number of amides is 2. The Kier molecular flexibility index (Phi) is 9.94. The first-order chi connectivity index (χ1) is 29.8. The Morgan fingerprint density at radius 1 is 0.787 bits per heavy atom. The predicted molar refractivity (Wildman–Crippen MR) is 234 cm³/mol. The molecular weight excluding hydrogens is 765 g/mol. The number of rotatable bonds is 8. The number of piperidine rings is 2. The number of nitrogens with two attached hydrogens (primary N) is 2. The minimum Gasteiger partial charge on any atom is -0.492 e. The van der Waals surface area contributed by atoms with Gasteiger partial charge in [-0.2, -0.15) is 0 Å². The molecule has 0 radical (unpaired) electrons. The molecule has 7 aliphatic rings. The molecule has 5 atom stereocenters. The zero-order chi connectivity index (χ0) is 41.2. The molecule has 3 aliphatic carbocycles. The largest absolute Gasteiger partial charge is 0.494 e. The molecule has 1 spiro atoms. The van der Waals surface area contributed by atoms with E-state index < -0.39 is 7.12 Å². The van der Waals surface area contributed by atoms with Gasteiger partial charge in [-0.1, -0.05) is 54.6 Å². The van der Waals surface area contributed by atoms with Gasteiger partial charge < -0.3 is 45.0 Å². The molecule has 5 heterocycles. The number of hydrogen-bond acceptors (Lipinski definition) is 8. The summed E-state index contributed by atoms with van der Waals surface area (Å²) in [5.74, 6) is 2.71. The summed E-state index contributed by atoms with van der Waals surface area (Å²) in [6, 6.07) is 30.7. The van der Waals surface area contributed by atoms with Gasteiger partial charge in [-0.05, 0) is 121 Å². The van der Waals surface area contributed by atoms with Crippen LogP contribution in [0, 0.1) is 11.8 Å². The fourth-order valence-corrected chi connectivity index (χ4v) is 11.5. The van der Waals surface area contributed by atoms with Crippen molar-refractivity contribution >= 4 is 35.3 Å². The van der Waals surface area contributed by atoms with Gasteiger partial charge in [-0.3, -0.25) is 9.59 Å². The van der Waals surface area contributed by atoms with E-state index in [0.29, 0.717) is 55.9 Å². The highest BCUT2D eigenvalue weighted by Crippen LogP contribution is 2.49. The van der Waals surface area contributed by atoms with Crippen LogP contribution in [0.15, 0.2) is 91.0 Å². The second-order valence-corrected chi connectivity index (χ2v) is 18.4. The van der Waals surface area contributed by atoms with E-state index in [0.717, 1.165) is 97.0 Å². The highest BCUT2D eigenvalue weighted by atomic mass is 16.7. The van der Waals surface area contributed by atoms with Crippen LogP contribution in [0.4, 0.5) is 0 Å². The number of aromatic amines is 1. The van der Waals surface area contributed by atoms with E-state index in [9.17, 15) is 9.59 Å². The quantitative estimate of drug-likeness (QED) is 0.161.